The van der Waals surface area contributed by atoms with Gasteiger partial charge in [0.2, 0.25) is 5.91 Å². The predicted molar refractivity (Wildman–Crippen MR) is 80.3 cm³/mol. The van der Waals surface area contributed by atoms with Crippen LogP contribution in [0, 0.1) is 6.92 Å². The number of rotatable bonds is 4. The number of nitrogens with two attached hydrogens (primary N) is 1. The Balaban J connectivity index is 2.26. The van der Waals surface area contributed by atoms with Crippen LogP contribution in [0.4, 0.5) is 0 Å². The van der Waals surface area contributed by atoms with Crippen LogP contribution >= 0.6 is 0 Å². The van der Waals surface area contributed by atoms with E-state index in [2.05, 4.69) is 10.3 Å². The van der Waals surface area contributed by atoms with E-state index in [1.807, 2.05) is 0 Å². The van der Waals surface area contributed by atoms with Crippen molar-refractivity contribution in [1.29, 1.82) is 0 Å². The topological polar surface area (TPSA) is 117 Å². The van der Waals surface area contributed by atoms with E-state index in [-0.39, 0.29) is 0 Å². The second kappa shape index (κ2) is 5.56. The first-order valence-corrected chi connectivity index (χ1v) is 6.88. The molecule has 1 atom stereocenters. The largest absolute Gasteiger partial charge is 0.463 e. The molecular weight excluding hydrogens is 300 g/mol. The molecule has 8 heteroatoms. The van der Waals surface area contributed by atoms with Gasteiger partial charge in [-0.1, -0.05) is 5.16 Å². The SMILES string of the molecule is Cc1cc(-c2cc(=O)n([C@H](C)C(N)=O)nc2-c2ccco2)on1. The number of carbonyl (C=O) groups is 1. The first-order chi connectivity index (χ1) is 11.0. The highest BCUT2D eigenvalue weighted by molar-refractivity contribution is 5.78. The van der Waals surface area contributed by atoms with Crippen LogP contribution in [-0.2, 0) is 4.79 Å². The molecule has 0 saturated heterocycles. The van der Waals surface area contributed by atoms with Crippen LogP contribution in [0.25, 0.3) is 22.8 Å². The molecule has 118 valence electrons. The van der Waals surface area contributed by atoms with Crippen molar-refractivity contribution in [3.8, 4) is 22.8 Å². The maximum atomic E-state index is 12.3. The van der Waals surface area contributed by atoms with Gasteiger partial charge >= 0.3 is 0 Å². The van der Waals surface area contributed by atoms with Crippen LogP contribution in [0.3, 0.4) is 0 Å². The summed E-state index contributed by atoms with van der Waals surface area (Å²) in [5.74, 6) is 0.158. The van der Waals surface area contributed by atoms with Crippen LogP contribution in [0.1, 0.15) is 18.7 Å². The number of aromatic nitrogens is 3. The summed E-state index contributed by atoms with van der Waals surface area (Å²) in [5.41, 5.74) is 6.25. The van der Waals surface area contributed by atoms with Crippen molar-refractivity contribution in [3.63, 3.8) is 0 Å². The third-order valence-corrected chi connectivity index (χ3v) is 3.38. The van der Waals surface area contributed by atoms with E-state index >= 15 is 0 Å². The van der Waals surface area contributed by atoms with Crippen LogP contribution < -0.4 is 11.3 Å². The fourth-order valence-electron chi connectivity index (χ4n) is 2.14. The zero-order valence-corrected chi connectivity index (χ0v) is 12.5. The minimum absolute atomic E-state index is 0.360. The molecule has 0 saturated carbocycles. The highest BCUT2D eigenvalue weighted by atomic mass is 16.5. The molecule has 3 aromatic rings. The molecule has 2 N–H and O–H groups in total. The van der Waals surface area contributed by atoms with Crippen molar-refractivity contribution in [3.05, 3.63) is 46.6 Å². The van der Waals surface area contributed by atoms with Crippen molar-refractivity contribution in [2.75, 3.05) is 0 Å². The minimum Gasteiger partial charge on any atom is -0.463 e. The Morgan fingerprint density at radius 2 is 2.13 bits per heavy atom. The number of hydrogen-bond acceptors (Lipinski definition) is 6. The summed E-state index contributed by atoms with van der Waals surface area (Å²) < 4.78 is 11.6. The van der Waals surface area contributed by atoms with Gasteiger partial charge in [0.1, 0.15) is 11.7 Å². The summed E-state index contributed by atoms with van der Waals surface area (Å²) in [6.45, 7) is 3.27. The lowest BCUT2D eigenvalue weighted by molar-refractivity contribution is -0.121. The number of nitrogens with zero attached hydrogens (tertiary/aromatic N) is 3. The van der Waals surface area contributed by atoms with Gasteiger partial charge in [-0.2, -0.15) is 5.10 Å². The number of aryl methyl sites for hydroxylation is 1. The average Bonchev–Trinajstić information content (AvgIpc) is 3.17. The molecule has 0 spiro atoms. The third-order valence-electron chi connectivity index (χ3n) is 3.38. The normalized spacial score (nSPS) is 12.3. The van der Waals surface area contributed by atoms with E-state index in [1.165, 1.54) is 19.3 Å². The standard InChI is InChI=1S/C15H14N4O4/c1-8-6-12(23-18-8)10-7-13(20)19(9(2)15(16)21)17-14(10)11-4-3-5-22-11/h3-7,9H,1-2H3,(H2,16,21)/t9-/m1/s1. The molecule has 3 heterocycles. The Morgan fingerprint density at radius 3 is 2.70 bits per heavy atom. The Labute approximate surface area is 130 Å². The lowest BCUT2D eigenvalue weighted by atomic mass is 10.1. The van der Waals surface area contributed by atoms with Gasteiger partial charge in [-0.25, -0.2) is 4.68 Å². The predicted octanol–water partition coefficient (Wildman–Crippen LogP) is 1.51. The summed E-state index contributed by atoms with van der Waals surface area (Å²) in [7, 11) is 0. The van der Waals surface area contributed by atoms with Gasteiger partial charge in [0, 0.05) is 12.1 Å². The highest BCUT2D eigenvalue weighted by Gasteiger charge is 2.21. The Bertz CT molecular complexity index is 908. The molecule has 0 bridgehead atoms. The number of primary amides is 1. The van der Waals surface area contributed by atoms with Gasteiger partial charge in [-0.15, -0.1) is 0 Å². The van der Waals surface area contributed by atoms with Gasteiger partial charge < -0.3 is 14.7 Å². The first kappa shape index (κ1) is 14.8. The maximum Gasteiger partial charge on any atom is 0.268 e. The fourth-order valence-corrected chi connectivity index (χ4v) is 2.14. The van der Waals surface area contributed by atoms with Crippen LogP contribution in [0.15, 0.2) is 44.3 Å². The van der Waals surface area contributed by atoms with Gasteiger partial charge in [0.05, 0.1) is 17.5 Å². The lowest BCUT2D eigenvalue weighted by Gasteiger charge is -2.12. The maximum absolute atomic E-state index is 12.3. The van der Waals surface area contributed by atoms with E-state index in [0.29, 0.717) is 28.5 Å². The molecule has 0 radical (unpaired) electrons. The van der Waals surface area contributed by atoms with Crippen molar-refractivity contribution < 1.29 is 13.7 Å². The number of carbonyl (C=O) groups excluding carboxylic acids is 1. The van der Waals surface area contributed by atoms with E-state index in [4.69, 9.17) is 14.7 Å². The fraction of sp³-hybridized carbons (Fsp3) is 0.200. The highest BCUT2D eigenvalue weighted by Crippen LogP contribution is 2.30. The molecule has 3 aromatic heterocycles. The number of amides is 1. The summed E-state index contributed by atoms with van der Waals surface area (Å²) in [6, 6.07) is 5.51. The van der Waals surface area contributed by atoms with Crippen LogP contribution in [0.2, 0.25) is 0 Å². The Hall–Kier alpha value is -3.16. The summed E-state index contributed by atoms with van der Waals surface area (Å²) in [4.78, 5) is 23.7. The quantitative estimate of drug-likeness (QED) is 0.780. The second-order valence-electron chi connectivity index (χ2n) is 5.08. The van der Waals surface area contributed by atoms with Gasteiger partial charge in [0.25, 0.3) is 5.56 Å². The molecule has 3 rings (SSSR count). The summed E-state index contributed by atoms with van der Waals surface area (Å²) >= 11 is 0. The first-order valence-electron chi connectivity index (χ1n) is 6.88. The average molecular weight is 314 g/mol. The molecular formula is C15H14N4O4. The van der Waals surface area contributed by atoms with Gasteiger partial charge in [-0.05, 0) is 26.0 Å². The third kappa shape index (κ3) is 2.66. The molecule has 0 fully saturated rings. The van der Waals surface area contributed by atoms with Crippen molar-refractivity contribution >= 4 is 5.91 Å². The Kier molecular flexibility index (Phi) is 3.57. The minimum atomic E-state index is -0.887. The van der Waals surface area contributed by atoms with Gasteiger partial charge in [-0.3, -0.25) is 9.59 Å². The monoisotopic (exact) mass is 314 g/mol. The van der Waals surface area contributed by atoms with E-state index in [1.54, 1.807) is 25.1 Å². The molecule has 8 nitrogen and oxygen atoms in total. The molecule has 0 unspecified atom stereocenters. The molecule has 0 aromatic carbocycles. The van der Waals surface area contributed by atoms with Crippen LogP contribution in [0.5, 0.6) is 0 Å². The summed E-state index contributed by atoms with van der Waals surface area (Å²) in [5, 5.41) is 8.06. The molecule has 0 aliphatic heterocycles. The summed E-state index contributed by atoms with van der Waals surface area (Å²) in [6.07, 6.45) is 1.49. The van der Waals surface area contributed by atoms with Crippen LogP contribution in [-0.4, -0.2) is 20.8 Å². The molecule has 0 aliphatic rings. The van der Waals surface area contributed by atoms with E-state index in [0.717, 1.165) is 4.68 Å². The smallest absolute Gasteiger partial charge is 0.268 e. The zero-order chi connectivity index (χ0) is 16.6. The molecule has 23 heavy (non-hydrogen) atoms. The van der Waals surface area contributed by atoms with Crippen molar-refractivity contribution in [2.24, 2.45) is 5.73 Å². The van der Waals surface area contributed by atoms with Crippen molar-refractivity contribution in [1.82, 2.24) is 14.9 Å². The molecule has 1 amide bonds. The Morgan fingerprint density at radius 1 is 1.35 bits per heavy atom. The second-order valence-corrected chi connectivity index (χ2v) is 5.08. The number of hydrogen-bond donors (Lipinski definition) is 1. The number of furan rings is 1. The zero-order valence-electron chi connectivity index (χ0n) is 12.5. The van der Waals surface area contributed by atoms with Gasteiger partial charge in [0.15, 0.2) is 11.5 Å². The van der Waals surface area contributed by atoms with E-state index in [9.17, 15) is 9.59 Å². The molecule has 0 aliphatic carbocycles. The van der Waals surface area contributed by atoms with Crippen molar-refractivity contribution in [2.45, 2.75) is 19.9 Å². The lowest BCUT2D eigenvalue weighted by Crippen LogP contribution is -2.34. The van der Waals surface area contributed by atoms with E-state index < -0.39 is 17.5 Å².